The molecule has 2 aromatic rings. The molecule has 0 saturated heterocycles. The van der Waals surface area contributed by atoms with Crippen LogP contribution < -0.4 is 5.32 Å². The number of aromatic nitrogens is 2. The Morgan fingerprint density at radius 1 is 1.19 bits per heavy atom. The van der Waals surface area contributed by atoms with Crippen molar-refractivity contribution in [1.82, 2.24) is 9.97 Å². The van der Waals surface area contributed by atoms with E-state index in [-0.39, 0.29) is 5.28 Å². The molecule has 1 amide bonds. The molecule has 5 nitrogen and oxygen atoms in total. The Bertz CT molecular complexity index is 636. The van der Waals surface area contributed by atoms with Crippen LogP contribution in [0.5, 0.6) is 0 Å². The van der Waals surface area contributed by atoms with Crippen molar-refractivity contribution < 1.29 is 9.53 Å². The van der Waals surface area contributed by atoms with Gasteiger partial charge in [-0.15, -0.1) is 0 Å². The second-order valence-electron chi connectivity index (χ2n) is 5.42. The van der Waals surface area contributed by atoms with E-state index in [9.17, 15) is 4.79 Å². The van der Waals surface area contributed by atoms with E-state index < -0.39 is 11.7 Å². The van der Waals surface area contributed by atoms with Crippen LogP contribution in [0.1, 0.15) is 20.8 Å². The van der Waals surface area contributed by atoms with E-state index in [1.807, 2.05) is 32.9 Å². The Morgan fingerprint density at radius 3 is 2.43 bits per heavy atom. The minimum Gasteiger partial charge on any atom is -0.444 e. The summed E-state index contributed by atoms with van der Waals surface area (Å²) in [4.78, 5) is 19.6. The Balaban J connectivity index is 2.07. The summed E-state index contributed by atoms with van der Waals surface area (Å²) >= 11 is 5.76. The smallest absolute Gasteiger partial charge is 0.412 e. The van der Waals surface area contributed by atoms with Crippen molar-refractivity contribution in [1.29, 1.82) is 0 Å². The van der Waals surface area contributed by atoms with Gasteiger partial charge in [-0.05, 0) is 50.6 Å². The molecule has 1 N–H and O–H groups in total. The molecule has 0 bridgehead atoms. The number of nitrogens with one attached hydrogen (secondary N) is 1. The first-order valence-electron chi connectivity index (χ1n) is 6.42. The van der Waals surface area contributed by atoms with Gasteiger partial charge in [0.05, 0.1) is 5.69 Å². The predicted octanol–water partition coefficient (Wildman–Crippen LogP) is 4.14. The Labute approximate surface area is 128 Å². The lowest BCUT2D eigenvalue weighted by Crippen LogP contribution is -2.27. The van der Waals surface area contributed by atoms with Crippen LogP contribution in [-0.2, 0) is 4.74 Å². The molecule has 0 aliphatic carbocycles. The molecule has 0 radical (unpaired) electrons. The second kappa shape index (κ2) is 6.10. The van der Waals surface area contributed by atoms with Crippen molar-refractivity contribution in [3.05, 3.63) is 41.8 Å². The van der Waals surface area contributed by atoms with E-state index in [2.05, 4.69) is 15.3 Å². The van der Waals surface area contributed by atoms with E-state index in [1.165, 1.54) is 0 Å². The van der Waals surface area contributed by atoms with Crippen molar-refractivity contribution in [2.24, 2.45) is 0 Å². The predicted molar refractivity (Wildman–Crippen MR) is 82.3 cm³/mol. The minimum atomic E-state index is -0.526. The molecule has 2 rings (SSSR count). The molecular formula is C15H16ClN3O2. The third-order valence-corrected chi connectivity index (χ3v) is 2.63. The van der Waals surface area contributed by atoms with Crippen LogP contribution in [0.25, 0.3) is 11.3 Å². The van der Waals surface area contributed by atoms with E-state index in [0.717, 1.165) is 11.3 Å². The molecule has 0 spiro atoms. The number of amides is 1. The highest BCUT2D eigenvalue weighted by molar-refractivity contribution is 6.28. The van der Waals surface area contributed by atoms with Crippen molar-refractivity contribution in [2.45, 2.75) is 26.4 Å². The zero-order chi connectivity index (χ0) is 15.5. The molecule has 0 unspecified atom stereocenters. The number of carbonyl (C=O) groups is 1. The topological polar surface area (TPSA) is 64.1 Å². The number of hydrogen-bond acceptors (Lipinski definition) is 4. The maximum Gasteiger partial charge on any atom is 0.412 e. The minimum absolute atomic E-state index is 0.198. The number of rotatable bonds is 2. The van der Waals surface area contributed by atoms with Crippen LogP contribution in [0.2, 0.25) is 5.28 Å². The van der Waals surface area contributed by atoms with Gasteiger partial charge in [-0.1, -0.05) is 12.1 Å². The average molecular weight is 306 g/mol. The van der Waals surface area contributed by atoms with E-state index in [1.54, 1.807) is 24.4 Å². The molecular weight excluding hydrogens is 290 g/mol. The van der Waals surface area contributed by atoms with Gasteiger partial charge >= 0.3 is 6.09 Å². The number of carbonyl (C=O) groups excluding carboxylic acids is 1. The summed E-state index contributed by atoms with van der Waals surface area (Å²) in [6.45, 7) is 5.44. The maximum atomic E-state index is 11.7. The summed E-state index contributed by atoms with van der Waals surface area (Å²) < 4.78 is 5.18. The van der Waals surface area contributed by atoms with Gasteiger partial charge in [-0.3, -0.25) is 5.32 Å². The molecule has 0 saturated carbocycles. The van der Waals surface area contributed by atoms with Crippen LogP contribution in [0.15, 0.2) is 36.5 Å². The van der Waals surface area contributed by atoms with Crippen LogP contribution in [0.3, 0.4) is 0 Å². The quantitative estimate of drug-likeness (QED) is 0.847. The van der Waals surface area contributed by atoms with E-state index >= 15 is 0 Å². The molecule has 1 aromatic carbocycles. The van der Waals surface area contributed by atoms with Gasteiger partial charge < -0.3 is 4.74 Å². The lowest BCUT2D eigenvalue weighted by atomic mass is 10.1. The Hall–Kier alpha value is -2.14. The van der Waals surface area contributed by atoms with Crippen molar-refractivity contribution in [3.63, 3.8) is 0 Å². The maximum absolute atomic E-state index is 11.7. The van der Waals surface area contributed by atoms with Crippen molar-refractivity contribution >= 4 is 23.4 Å². The highest BCUT2D eigenvalue weighted by Crippen LogP contribution is 2.20. The fraction of sp³-hybridized carbons (Fsp3) is 0.267. The van der Waals surface area contributed by atoms with Gasteiger partial charge in [0.25, 0.3) is 0 Å². The molecule has 1 heterocycles. The lowest BCUT2D eigenvalue weighted by molar-refractivity contribution is 0.0636. The first-order chi connectivity index (χ1) is 9.83. The summed E-state index contributed by atoms with van der Waals surface area (Å²) in [6, 6.07) is 8.99. The molecule has 1 aromatic heterocycles. The monoisotopic (exact) mass is 305 g/mol. The summed E-state index contributed by atoms with van der Waals surface area (Å²) in [6.07, 6.45) is 1.11. The van der Waals surface area contributed by atoms with Gasteiger partial charge in [0.2, 0.25) is 5.28 Å². The summed E-state index contributed by atoms with van der Waals surface area (Å²) in [5.74, 6) is 0. The zero-order valence-corrected chi connectivity index (χ0v) is 12.8. The van der Waals surface area contributed by atoms with Gasteiger partial charge in [0.15, 0.2) is 0 Å². The number of halogens is 1. The van der Waals surface area contributed by atoms with E-state index in [0.29, 0.717) is 5.69 Å². The SMILES string of the molecule is CC(C)(C)OC(=O)Nc1ccc(-c2ccnc(Cl)n2)cc1. The van der Waals surface area contributed by atoms with E-state index in [4.69, 9.17) is 16.3 Å². The lowest BCUT2D eigenvalue weighted by Gasteiger charge is -2.19. The first kappa shape index (κ1) is 15.3. The van der Waals surface area contributed by atoms with Gasteiger partial charge in [-0.2, -0.15) is 0 Å². The zero-order valence-electron chi connectivity index (χ0n) is 12.1. The largest absolute Gasteiger partial charge is 0.444 e. The van der Waals surface area contributed by atoms with Gasteiger partial charge in [-0.25, -0.2) is 14.8 Å². The Morgan fingerprint density at radius 2 is 1.86 bits per heavy atom. The normalized spacial score (nSPS) is 11.0. The number of hydrogen-bond donors (Lipinski definition) is 1. The molecule has 6 heteroatoms. The van der Waals surface area contributed by atoms with Crippen LogP contribution in [0.4, 0.5) is 10.5 Å². The van der Waals surface area contributed by atoms with Crippen LogP contribution in [-0.4, -0.2) is 21.7 Å². The van der Waals surface area contributed by atoms with Crippen LogP contribution >= 0.6 is 11.6 Å². The number of ether oxygens (including phenoxy) is 1. The highest BCUT2D eigenvalue weighted by Gasteiger charge is 2.16. The molecule has 0 aliphatic rings. The van der Waals surface area contributed by atoms with Gasteiger partial charge in [0.1, 0.15) is 5.60 Å². The summed E-state index contributed by atoms with van der Waals surface area (Å²) in [5, 5.41) is 2.87. The molecule has 0 fully saturated rings. The van der Waals surface area contributed by atoms with Crippen LogP contribution in [0, 0.1) is 0 Å². The summed E-state index contributed by atoms with van der Waals surface area (Å²) in [7, 11) is 0. The molecule has 110 valence electrons. The second-order valence-corrected chi connectivity index (χ2v) is 5.75. The summed E-state index contributed by atoms with van der Waals surface area (Å²) in [5.41, 5.74) is 1.72. The Kier molecular flexibility index (Phi) is 4.43. The standard InChI is InChI=1S/C15H16ClN3O2/c1-15(2,3)21-14(20)18-11-6-4-10(5-7-11)12-8-9-17-13(16)19-12/h4-9H,1-3H3,(H,18,20). The molecule has 0 atom stereocenters. The fourth-order valence-corrected chi connectivity index (χ4v) is 1.79. The number of anilines is 1. The number of nitrogens with zero attached hydrogens (tertiary/aromatic N) is 2. The first-order valence-corrected chi connectivity index (χ1v) is 6.80. The molecule has 21 heavy (non-hydrogen) atoms. The average Bonchev–Trinajstić information content (AvgIpc) is 2.37. The van der Waals surface area contributed by atoms with Crippen molar-refractivity contribution in [3.8, 4) is 11.3 Å². The highest BCUT2D eigenvalue weighted by atomic mass is 35.5. The van der Waals surface area contributed by atoms with Crippen molar-refractivity contribution in [2.75, 3.05) is 5.32 Å². The fourth-order valence-electron chi connectivity index (χ4n) is 1.64. The third-order valence-electron chi connectivity index (χ3n) is 2.45. The third kappa shape index (κ3) is 4.72. The van der Waals surface area contributed by atoms with Gasteiger partial charge in [0, 0.05) is 17.4 Å². The molecule has 0 aliphatic heterocycles. The number of benzene rings is 1.